The highest BCUT2D eigenvalue weighted by Crippen LogP contribution is 2.56. The Kier molecular flexibility index (Phi) is 5.06. The number of carbonyl (C=O) groups is 1. The van der Waals surface area contributed by atoms with Crippen LogP contribution < -0.4 is 15.2 Å². The van der Waals surface area contributed by atoms with Gasteiger partial charge >= 0.3 is 0 Å². The molecule has 34 heavy (non-hydrogen) atoms. The number of fused-ring (bicyclic) bond motifs is 4. The monoisotopic (exact) mass is 460 g/mol. The quantitative estimate of drug-likeness (QED) is 0.526. The summed E-state index contributed by atoms with van der Waals surface area (Å²) in [6.45, 7) is 6.38. The van der Waals surface area contributed by atoms with Gasteiger partial charge in [-0.1, -0.05) is 44.2 Å². The fourth-order valence-electron chi connectivity index (χ4n) is 7.00. The summed E-state index contributed by atoms with van der Waals surface area (Å²) in [6.07, 6.45) is 2.33. The van der Waals surface area contributed by atoms with Crippen molar-refractivity contribution in [2.45, 2.75) is 51.4 Å². The SMILES string of the molecule is CC(C)[C@@H]1[C@H]2[C@@H](C(=O)N1Cc1ccc3c(c1)OCO3)[C@@H](c1ccc(C(=N)N)cc1)N1CCC[C@H]21. The van der Waals surface area contributed by atoms with Gasteiger partial charge in [-0.15, -0.1) is 0 Å². The average molecular weight is 461 g/mol. The van der Waals surface area contributed by atoms with Crippen LogP contribution >= 0.6 is 0 Å². The molecule has 3 fully saturated rings. The zero-order valence-electron chi connectivity index (χ0n) is 19.7. The maximum Gasteiger partial charge on any atom is 0.231 e. The second kappa shape index (κ2) is 8.01. The van der Waals surface area contributed by atoms with Gasteiger partial charge in [0.1, 0.15) is 5.84 Å². The number of nitrogens with one attached hydrogen (secondary N) is 1. The van der Waals surface area contributed by atoms with Gasteiger partial charge < -0.3 is 20.1 Å². The first-order chi connectivity index (χ1) is 16.4. The van der Waals surface area contributed by atoms with E-state index in [1.165, 1.54) is 6.42 Å². The molecule has 0 saturated carbocycles. The van der Waals surface area contributed by atoms with Gasteiger partial charge in [0.25, 0.3) is 0 Å². The van der Waals surface area contributed by atoms with Crippen LogP contribution in [0.3, 0.4) is 0 Å². The van der Waals surface area contributed by atoms with Crippen molar-refractivity contribution in [1.82, 2.24) is 9.80 Å². The number of nitrogen functional groups attached to an aromatic ring is 1. The lowest BCUT2D eigenvalue weighted by molar-refractivity contribution is -0.134. The molecule has 7 nitrogen and oxygen atoms in total. The van der Waals surface area contributed by atoms with Crippen molar-refractivity contribution in [2.24, 2.45) is 23.5 Å². The van der Waals surface area contributed by atoms with E-state index in [0.717, 1.165) is 41.2 Å². The Labute approximate surface area is 200 Å². The normalized spacial score (nSPS) is 29.7. The second-order valence-electron chi connectivity index (χ2n) is 10.4. The number of hydrogen-bond acceptors (Lipinski definition) is 5. The summed E-state index contributed by atoms with van der Waals surface area (Å²) in [5.41, 5.74) is 8.64. The van der Waals surface area contributed by atoms with Gasteiger partial charge in [-0.05, 0) is 48.6 Å². The molecular weight excluding hydrogens is 428 g/mol. The van der Waals surface area contributed by atoms with Crippen LogP contribution in [0.2, 0.25) is 0 Å². The molecule has 4 aliphatic rings. The summed E-state index contributed by atoms with van der Waals surface area (Å²) in [7, 11) is 0. The van der Waals surface area contributed by atoms with Crippen molar-refractivity contribution in [3.63, 3.8) is 0 Å². The van der Waals surface area contributed by atoms with Gasteiger partial charge in [-0.2, -0.15) is 0 Å². The molecule has 4 heterocycles. The predicted molar refractivity (Wildman–Crippen MR) is 129 cm³/mol. The maximum absolute atomic E-state index is 14.1. The summed E-state index contributed by atoms with van der Waals surface area (Å²) in [6, 6.07) is 14.7. The van der Waals surface area contributed by atoms with Crippen LogP contribution in [0, 0.1) is 23.2 Å². The van der Waals surface area contributed by atoms with Crippen molar-refractivity contribution in [3.8, 4) is 11.5 Å². The number of rotatable bonds is 5. The van der Waals surface area contributed by atoms with Crippen molar-refractivity contribution in [2.75, 3.05) is 13.3 Å². The maximum atomic E-state index is 14.1. The first-order valence-electron chi connectivity index (χ1n) is 12.3. The van der Waals surface area contributed by atoms with Crippen molar-refractivity contribution in [3.05, 3.63) is 59.2 Å². The Morgan fingerprint density at radius 3 is 2.65 bits per heavy atom. The summed E-state index contributed by atoms with van der Waals surface area (Å²) < 4.78 is 11.0. The van der Waals surface area contributed by atoms with Crippen LogP contribution in [0.1, 0.15) is 49.4 Å². The Morgan fingerprint density at radius 1 is 1.15 bits per heavy atom. The summed E-state index contributed by atoms with van der Waals surface area (Å²) in [4.78, 5) is 18.8. The van der Waals surface area contributed by atoms with E-state index in [0.29, 0.717) is 24.4 Å². The summed E-state index contributed by atoms with van der Waals surface area (Å²) in [5, 5.41) is 7.73. The average Bonchev–Trinajstić information content (AvgIpc) is 3.57. The minimum atomic E-state index is -0.0464. The van der Waals surface area contributed by atoms with Gasteiger partial charge in [-0.3, -0.25) is 15.1 Å². The molecule has 3 N–H and O–H groups in total. The molecule has 7 heteroatoms. The number of amides is 1. The van der Waals surface area contributed by atoms with Crippen LogP contribution in [0.25, 0.3) is 0 Å². The van der Waals surface area contributed by atoms with Gasteiger partial charge in [0.05, 0.1) is 5.92 Å². The van der Waals surface area contributed by atoms with E-state index in [4.69, 9.17) is 20.6 Å². The minimum Gasteiger partial charge on any atom is -0.454 e. The molecule has 2 aromatic carbocycles. The third kappa shape index (κ3) is 3.21. The standard InChI is InChI=1S/C27H32N4O3/c1-15(2)24-22-19-4-3-11-30(19)25(17-6-8-18(9-7-17)26(28)29)23(22)27(32)31(24)13-16-5-10-20-21(12-16)34-14-33-20/h5-10,12,15,19,22-25H,3-4,11,13-14H2,1-2H3,(H3,28,29)/t19-,22-,23-,24-,25-/m1/s1. The fraction of sp³-hybridized carbons (Fsp3) is 0.481. The van der Waals surface area contributed by atoms with E-state index in [9.17, 15) is 4.79 Å². The van der Waals surface area contributed by atoms with Crippen LogP contribution in [0.15, 0.2) is 42.5 Å². The van der Waals surface area contributed by atoms with Crippen LogP contribution in [-0.2, 0) is 11.3 Å². The molecule has 2 aromatic rings. The van der Waals surface area contributed by atoms with E-state index in [-0.39, 0.29) is 36.5 Å². The Morgan fingerprint density at radius 2 is 1.91 bits per heavy atom. The number of nitrogens with zero attached hydrogens (tertiary/aromatic N) is 2. The minimum absolute atomic E-state index is 0.0464. The molecule has 5 atom stereocenters. The van der Waals surface area contributed by atoms with E-state index in [1.54, 1.807) is 0 Å². The molecule has 6 rings (SSSR count). The molecule has 178 valence electrons. The smallest absolute Gasteiger partial charge is 0.231 e. The lowest BCUT2D eigenvalue weighted by Crippen LogP contribution is -2.44. The second-order valence-corrected chi connectivity index (χ2v) is 10.4. The van der Waals surface area contributed by atoms with Crippen LogP contribution in [0.4, 0.5) is 0 Å². The van der Waals surface area contributed by atoms with E-state index in [2.05, 4.69) is 35.8 Å². The molecule has 0 aromatic heterocycles. The fourth-order valence-corrected chi connectivity index (χ4v) is 7.00. The number of nitrogens with two attached hydrogens (primary N) is 1. The largest absolute Gasteiger partial charge is 0.454 e. The predicted octanol–water partition coefficient (Wildman–Crippen LogP) is 3.52. The number of amidine groups is 1. The van der Waals surface area contributed by atoms with E-state index in [1.807, 2.05) is 30.3 Å². The number of hydrogen-bond donors (Lipinski definition) is 2. The zero-order valence-corrected chi connectivity index (χ0v) is 19.7. The third-order valence-corrected chi connectivity index (χ3v) is 8.26. The van der Waals surface area contributed by atoms with Crippen molar-refractivity contribution >= 4 is 11.7 Å². The van der Waals surface area contributed by atoms with Gasteiger partial charge in [0, 0.05) is 36.2 Å². The van der Waals surface area contributed by atoms with Crippen molar-refractivity contribution in [1.29, 1.82) is 5.41 Å². The van der Waals surface area contributed by atoms with E-state index < -0.39 is 0 Å². The molecule has 4 aliphatic heterocycles. The van der Waals surface area contributed by atoms with Crippen molar-refractivity contribution < 1.29 is 14.3 Å². The molecule has 0 radical (unpaired) electrons. The Bertz CT molecular complexity index is 1130. The molecule has 0 spiro atoms. The Hall–Kier alpha value is -3.06. The third-order valence-electron chi connectivity index (χ3n) is 8.26. The lowest BCUT2D eigenvalue weighted by Gasteiger charge is -2.35. The van der Waals surface area contributed by atoms with Gasteiger partial charge in [-0.25, -0.2) is 0 Å². The molecule has 0 unspecified atom stereocenters. The molecule has 3 saturated heterocycles. The Balaban J connectivity index is 1.36. The number of likely N-dealkylation sites (tertiary alicyclic amines) is 1. The highest BCUT2D eigenvalue weighted by atomic mass is 16.7. The summed E-state index contributed by atoms with van der Waals surface area (Å²) >= 11 is 0. The number of carbonyl (C=O) groups excluding carboxylic acids is 1. The van der Waals surface area contributed by atoms with E-state index >= 15 is 0 Å². The molecule has 1 amide bonds. The topological polar surface area (TPSA) is 91.9 Å². The highest BCUT2D eigenvalue weighted by molar-refractivity contribution is 5.95. The first kappa shape index (κ1) is 21.5. The first-order valence-corrected chi connectivity index (χ1v) is 12.3. The van der Waals surface area contributed by atoms with Crippen LogP contribution in [-0.4, -0.2) is 47.0 Å². The number of ether oxygens (including phenoxy) is 2. The zero-order chi connectivity index (χ0) is 23.6. The lowest BCUT2D eigenvalue weighted by atomic mass is 9.79. The number of benzene rings is 2. The molecular formula is C27H32N4O3. The van der Waals surface area contributed by atoms with Crippen LogP contribution in [0.5, 0.6) is 11.5 Å². The van der Waals surface area contributed by atoms with Gasteiger partial charge in [0.15, 0.2) is 11.5 Å². The highest BCUT2D eigenvalue weighted by Gasteiger charge is 2.62. The molecule has 0 aliphatic carbocycles. The summed E-state index contributed by atoms with van der Waals surface area (Å²) in [5.74, 6) is 2.50. The van der Waals surface area contributed by atoms with Gasteiger partial charge in [0.2, 0.25) is 12.7 Å². The molecule has 0 bridgehead atoms.